The number of hydrogen-bond acceptors (Lipinski definition) is 3. The Morgan fingerprint density at radius 1 is 1.18 bits per heavy atom. The smallest absolute Gasteiger partial charge is 0.150 e. The van der Waals surface area contributed by atoms with Crippen molar-refractivity contribution in [2.45, 2.75) is 51.0 Å². The molecule has 1 saturated heterocycles. The van der Waals surface area contributed by atoms with Crippen molar-refractivity contribution >= 4 is 9.84 Å². The van der Waals surface area contributed by atoms with Gasteiger partial charge in [-0.15, -0.1) is 0 Å². The van der Waals surface area contributed by atoms with Crippen LogP contribution >= 0.6 is 0 Å². The fraction of sp³-hybridized carbons (Fsp3) is 1.00. The molecule has 0 aromatic rings. The molecule has 0 aromatic heterocycles. The number of rotatable bonds is 4. The normalized spacial score (nSPS) is 31.5. The molecule has 4 heteroatoms. The van der Waals surface area contributed by atoms with Crippen molar-refractivity contribution in [3.05, 3.63) is 0 Å². The van der Waals surface area contributed by atoms with Gasteiger partial charge in [0, 0.05) is 6.04 Å². The summed E-state index contributed by atoms with van der Waals surface area (Å²) in [7, 11) is -0.747. The van der Waals surface area contributed by atoms with Gasteiger partial charge in [0.1, 0.15) is 0 Å². The Kier molecular flexibility index (Phi) is 4.47. The predicted octanol–water partition coefficient (Wildman–Crippen LogP) is 1.98. The van der Waals surface area contributed by atoms with Gasteiger partial charge >= 0.3 is 0 Å². The van der Waals surface area contributed by atoms with E-state index in [0.29, 0.717) is 23.5 Å². The van der Waals surface area contributed by atoms with Crippen molar-refractivity contribution < 1.29 is 8.42 Å². The third-order valence-corrected chi connectivity index (χ3v) is 6.31. The van der Waals surface area contributed by atoms with Crippen LogP contribution in [0.4, 0.5) is 0 Å². The highest BCUT2D eigenvalue weighted by atomic mass is 32.2. The van der Waals surface area contributed by atoms with Crippen LogP contribution in [-0.4, -0.2) is 33.0 Å². The average molecular weight is 259 g/mol. The van der Waals surface area contributed by atoms with Gasteiger partial charge in [-0.1, -0.05) is 32.1 Å². The molecule has 17 heavy (non-hydrogen) atoms. The largest absolute Gasteiger partial charge is 0.317 e. The van der Waals surface area contributed by atoms with Gasteiger partial charge in [-0.2, -0.15) is 0 Å². The molecular formula is C13H25NO2S. The summed E-state index contributed by atoms with van der Waals surface area (Å²) in [5.41, 5.74) is 0. The minimum absolute atomic E-state index is 0.354. The van der Waals surface area contributed by atoms with Crippen LogP contribution in [0.3, 0.4) is 0 Å². The molecule has 100 valence electrons. The Bertz CT molecular complexity index is 333. The summed E-state index contributed by atoms with van der Waals surface area (Å²) >= 11 is 0. The summed E-state index contributed by atoms with van der Waals surface area (Å²) in [5, 5.41) is 3.36. The third kappa shape index (κ3) is 3.68. The molecule has 0 amide bonds. The highest BCUT2D eigenvalue weighted by Gasteiger charge is 2.34. The zero-order valence-corrected chi connectivity index (χ0v) is 11.6. The fourth-order valence-corrected chi connectivity index (χ4v) is 5.35. The van der Waals surface area contributed by atoms with E-state index < -0.39 is 9.84 Å². The van der Waals surface area contributed by atoms with Gasteiger partial charge in [0.05, 0.1) is 11.5 Å². The first-order chi connectivity index (χ1) is 8.11. The van der Waals surface area contributed by atoms with Gasteiger partial charge in [-0.3, -0.25) is 0 Å². The van der Waals surface area contributed by atoms with Crippen molar-refractivity contribution in [2.75, 3.05) is 18.6 Å². The zero-order valence-electron chi connectivity index (χ0n) is 10.8. The average Bonchev–Trinajstić information content (AvgIpc) is 2.68. The molecule has 1 aliphatic carbocycles. The topological polar surface area (TPSA) is 46.2 Å². The minimum atomic E-state index is -2.73. The van der Waals surface area contributed by atoms with E-state index in [-0.39, 0.29) is 0 Å². The van der Waals surface area contributed by atoms with Gasteiger partial charge in [0.25, 0.3) is 0 Å². The van der Waals surface area contributed by atoms with Crippen molar-refractivity contribution in [2.24, 2.45) is 11.8 Å². The fourth-order valence-electron chi connectivity index (χ4n) is 3.47. The molecule has 3 nitrogen and oxygen atoms in total. The predicted molar refractivity (Wildman–Crippen MR) is 70.8 cm³/mol. The van der Waals surface area contributed by atoms with Crippen molar-refractivity contribution in [1.29, 1.82) is 0 Å². The quantitative estimate of drug-likeness (QED) is 0.839. The molecule has 2 aliphatic rings. The number of sulfone groups is 1. The van der Waals surface area contributed by atoms with E-state index in [1.165, 1.54) is 38.5 Å². The number of nitrogens with one attached hydrogen (secondary N) is 1. The van der Waals surface area contributed by atoms with E-state index in [9.17, 15) is 8.42 Å². The second-order valence-electron chi connectivity index (χ2n) is 5.80. The second kappa shape index (κ2) is 5.70. The molecule has 0 aromatic carbocycles. The lowest BCUT2D eigenvalue weighted by atomic mass is 9.81. The summed E-state index contributed by atoms with van der Waals surface area (Å²) in [6, 6.07) is 0.412. The van der Waals surface area contributed by atoms with E-state index in [0.717, 1.165) is 12.3 Å². The first-order valence-corrected chi connectivity index (χ1v) is 8.80. The Morgan fingerprint density at radius 3 is 2.41 bits per heavy atom. The molecule has 0 bridgehead atoms. The van der Waals surface area contributed by atoms with Gasteiger partial charge in [-0.05, 0) is 31.7 Å². The second-order valence-corrected chi connectivity index (χ2v) is 8.03. The Morgan fingerprint density at radius 2 is 1.88 bits per heavy atom. The van der Waals surface area contributed by atoms with Crippen molar-refractivity contribution in [3.8, 4) is 0 Å². The summed E-state index contributed by atoms with van der Waals surface area (Å²) in [6.45, 7) is 0. The Hall–Kier alpha value is -0.0900. The van der Waals surface area contributed by atoms with Crippen LogP contribution < -0.4 is 5.32 Å². The molecule has 2 unspecified atom stereocenters. The Balaban J connectivity index is 1.88. The van der Waals surface area contributed by atoms with Crippen LogP contribution in [0, 0.1) is 11.8 Å². The van der Waals surface area contributed by atoms with Crippen LogP contribution in [0.5, 0.6) is 0 Å². The molecule has 2 fully saturated rings. The van der Waals surface area contributed by atoms with Gasteiger partial charge in [-0.25, -0.2) is 8.42 Å². The van der Waals surface area contributed by atoms with Crippen LogP contribution in [0.25, 0.3) is 0 Å². The third-order valence-electron chi connectivity index (χ3n) is 4.52. The van der Waals surface area contributed by atoms with Crippen LogP contribution in [-0.2, 0) is 9.84 Å². The molecule has 2 rings (SSSR count). The van der Waals surface area contributed by atoms with Gasteiger partial charge in [0.15, 0.2) is 9.84 Å². The van der Waals surface area contributed by atoms with E-state index in [4.69, 9.17) is 0 Å². The highest BCUT2D eigenvalue weighted by molar-refractivity contribution is 7.91. The lowest BCUT2D eigenvalue weighted by Crippen LogP contribution is -2.36. The van der Waals surface area contributed by atoms with E-state index in [2.05, 4.69) is 5.32 Å². The molecule has 1 saturated carbocycles. The summed E-state index contributed by atoms with van der Waals surface area (Å²) in [6.07, 6.45) is 8.85. The maximum absolute atomic E-state index is 11.5. The molecule has 1 heterocycles. The van der Waals surface area contributed by atoms with E-state index >= 15 is 0 Å². The van der Waals surface area contributed by atoms with E-state index in [1.54, 1.807) is 0 Å². The lowest BCUT2D eigenvalue weighted by Gasteiger charge is -2.29. The first-order valence-electron chi connectivity index (χ1n) is 6.98. The molecule has 2 atom stereocenters. The lowest BCUT2D eigenvalue weighted by molar-refractivity contribution is 0.268. The SMILES string of the molecule is CNC(CC1CCCCC1)C1CCS(=O)(=O)C1. The molecule has 0 radical (unpaired) electrons. The van der Waals surface area contributed by atoms with E-state index in [1.807, 2.05) is 7.05 Å². The maximum Gasteiger partial charge on any atom is 0.150 e. The van der Waals surface area contributed by atoms with Gasteiger partial charge in [0.2, 0.25) is 0 Å². The molecular weight excluding hydrogens is 234 g/mol. The standard InChI is InChI=1S/C13H25NO2S/c1-14-13(9-11-5-3-2-4-6-11)12-7-8-17(15,16)10-12/h11-14H,2-10H2,1H3. The molecule has 1 aliphatic heterocycles. The van der Waals surface area contributed by atoms with Crippen LogP contribution in [0.1, 0.15) is 44.9 Å². The van der Waals surface area contributed by atoms with Gasteiger partial charge < -0.3 is 5.32 Å². The minimum Gasteiger partial charge on any atom is -0.317 e. The maximum atomic E-state index is 11.5. The molecule has 0 spiro atoms. The number of hydrogen-bond donors (Lipinski definition) is 1. The van der Waals surface area contributed by atoms with Crippen molar-refractivity contribution in [3.63, 3.8) is 0 Å². The zero-order chi connectivity index (χ0) is 12.3. The van der Waals surface area contributed by atoms with Crippen LogP contribution in [0.2, 0.25) is 0 Å². The summed E-state index contributed by atoms with van der Waals surface area (Å²) < 4.78 is 23.1. The first kappa shape index (κ1) is 13.3. The van der Waals surface area contributed by atoms with Crippen molar-refractivity contribution in [1.82, 2.24) is 5.32 Å². The Labute approximate surface area is 105 Å². The molecule has 1 N–H and O–H groups in total. The van der Waals surface area contributed by atoms with Crippen LogP contribution in [0.15, 0.2) is 0 Å². The highest BCUT2D eigenvalue weighted by Crippen LogP contribution is 2.31. The summed E-state index contributed by atoms with van der Waals surface area (Å²) in [4.78, 5) is 0. The summed E-state index contributed by atoms with van der Waals surface area (Å²) in [5.74, 6) is 1.99. The monoisotopic (exact) mass is 259 g/mol.